The Morgan fingerprint density at radius 2 is 1.90 bits per heavy atom. The second-order valence-electron chi connectivity index (χ2n) is 6.59. The molecule has 1 aromatic heterocycles. The molecule has 0 amide bonds. The van der Waals surface area contributed by atoms with Gasteiger partial charge in [0.1, 0.15) is 5.82 Å². The van der Waals surface area contributed by atoms with Gasteiger partial charge in [0.2, 0.25) is 0 Å². The summed E-state index contributed by atoms with van der Waals surface area (Å²) in [5.41, 5.74) is 1.05. The van der Waals surface area contributed by atoms with Crippen LogP contribution in [-0.4, -0.2) is 29.1 Å². The summed E-state index contributed by atoms with van der Waals surface area (Å²) in [6.45, 7) is 7.77. The Balaban J connectivity index is 1.52. The average Bonchev–Trinajstić information content (AvgIpc) is 3.30. The van der Waals surface area contributed by atoms with E-state index < -0.39 is 0 Å². The average molecular weight is 274 g/mol. The smallest absolute Gasteiger partial charge is 0.147 e. The highest BCUT2D eigenvalue weighted by Crippen LogP contribution is 2.26. The summed E-state index contributed by atoms with van der Waals surface area (Å²) < 4.78 is 0. The molecule has 3 rings (SSSR count). The van der Waals surface area contributed by atoms with Crippen LogP contribution in [-0.2, 0) is 6.54 Å². The molecule has 0 spiro atoms. The third-order valence-electron chi connectivity index (χ3n) is 4.65. The Morgan fingerprint density at radius 3 is 2.45 bits per heavy atom. The molecule has 110 valence electrons. The Hall–Kier alpha value is -1.16. The topological polar surface area (TPSA) is 41.1 Å². The summed E-state index contributed by atoms with van der Waals surface area (Å²) in [7, 11) is 0. The van der Waals surface area contributed by atoms with Crippen molar-refractivity contribution in [2.45, 2.75) is 52.1 Å². The quantitative estimate of drug-likeness (QED) is 0.896. The fourth-order valence-corrected chi connectivity index (χ4v) is 2.93. The molecule has 0 bridgehead atoms. The number of hydrogen-bond donors (Lipinski definition) is 1. The predicted molar refractivity (Wildman–Crippen MR) is 81.7 cm³/mol. The van der Waals surface area contributed by atoms with E-state index in [9.17, 15) is 0 Å². The summed E-state index contributed by atoms with van der Waals surface area (Å²) in [4.78, 5) is 11.5. The van der Waals surface area contributed by atoms with E-state index in [1.54, 1.807) is 0 Å². The normalized spacial score (nSPS) is 20.6. The highest BCUT2D eigenvalue weighted by molar-refractivity contribution is 5.36. The molecule has 4 heteroatoms. The van der Waals surface area contributed by atoms with Crippen LogP contribution in [0, 0.1) is 11.8 Å². The second kappa shape index (κ2) is 6.08. The molecule has 1 saturated heterocycles. The molecule has 0 unspecified atom stereocenters. The summed E-state index contributed by atoms with van der Waals surface area (Å²) in [5, 5.41) is 3.47. The van der Waals surface area contributed by atoms with Crippen molar-refractivity contribution in [2.24, 2.45) is 11.8 Å². The first-order valence-corrected chi connectivity index (χ1v) is 8.01. The molecule has 2 fully saturated rings. The van der Waals surface area contributed by atoms with Gasteiger partial charge >= 0.3 is 0 Å². The molecule has 4 nitrogen and oxygen atoms in total. The van der Waals surface area contributed by atoms with E-state index in [-0.39, 0.29) is 0 Å². The Morgan fingerprint density at radius 1 is 1.15 bits per heavy atom. The van der Waals surface area contributed by atoms with Gasteiger partial charge in [-0.25, -0.2) is 4.98 Å². The molecule has 1 aliphatic carbocycles. The van der Waals surface area contributed by atoms with Crippen molar-refractivity contribution in [3.05, 3.63) is 18.1 Å². The van der Waals surface area contributed by atoms with Gasteiger partial charge in [-0.05, 0) is 37.5 Å². The molecule has 20 heavy (non-hydrogen) atoms. The number of hydrogen-bond acceptors (Lipinski definition) is 4. The van der Waals surface area contributed by atoms with Crippen LogP contribution in [0.2, 0.25) is 0 Å². The van der Waals surface area contributed by atoms with Gasteiger partial charge < -0.3 is 10.2 Å². The lowest BCUT2D eigenvalue weighted by Crippen LogP contribution is -2.35. The van der Waals surface area contributed by atoms with Crippen molar-refractivity contribution in [2.75, 3.05) is 18.0 Å². The largest absolute Gasteiger partial charge is 0.355 e. The van der Waals surface area contributed by atoms with Crippen LogP contribution >= 0.6 is 0 Å². The lowest BCUT2D eigenvalue weighted by molar-refractivity contribution is 0.310. The first kappa shape index (κ1) is 13.8. The standard InChI is InChI=1S/C16H26N4/c1-12(2)13-5-7-20(8-6-13)16-11-18-15(10-19-16)9-17-14-3-4-14/h10-14,17H,3-9H2,1-2H3. The minimum Gasteiger partial charge on any atom is -0.355 e. The molecule has 0 atom stereocenters. The summed E-state index contributed by atoms with van der Waals surface area (Å²) >= 11 is 0. The number of aromatic nitrogens is 2. The monoisotopic (exact) mass is 274 g/mol. The molecule has 0 aromatic carbocycles. The van der Waals surface area contributed by atoms with Crippen molar-refractivity contribution >= 4 is 5.82 Å². The Labute approximate surface area is 122 Å². The van der Waals surface area contributed by atoms with E-state index in [0.717, 1.165) is 49.0 Å². The molecule has 0 radical (unpaired) electrons. The third-order valence-corrected chi connectivity index (χ3v) is 4.65. The molecule has 1 N–H and O–H groups in total. The number of rotatable bonds is 5. The van der Waals surface area contributed by atoms with Gasteiger partial charge in [0.15, 0.2) is 0 Å². The first-order chi connectivity index (χ1) is 9.72. The Kier molecular flexibility index (Phi) is 4.20. The second-order valence-corrected chi connectivity index (χ2v) is 6.59. The van der Waals surface area contributed by atoms with Crippen LogP contribution in [0.3, 0.4) is 0 Å². The van der Waals surface area contributed by atoms with E-state index in [1.165, 1.54) is 25.7 Å². The highest BCUT2D eigenvalue weighted by atomic mass is 15.2. The lowest BCUT2D eigenvalue weighted by atomic mass is 9.87. The molecule has 1 aromatic rings. The van der Waals surface area contributed by atoms with Crippen LogP contribution in [0.5, 0.6) is 0 Å². The molecular weight excluding hydrogens is 248 g/mol. The Bertz CT molecular complexity index is 417. The molecule has 2 heterocycles. The lowest BCUT2D eigenvalue weighted by Gasteiger charge is -2.34. The fraction of sp³-hybridized carbons (Fsp3) is 0.750. The highest BCUT2D eigenvalue weighted by Gasteiger charge is 2.23. The number of nitrogens with zero attached hydrogens (tertiary/aromatic N) is 3. The summed E-state index contributed by atoms with van der Waals surface area (Å²) in [5.74, 6) is 2.72. The summed E-state index contributed by atoms with van der Waals surface area (Å²) in [6, 6.07) is 0.728. The maximum atomic E-state index is 4.59. The van der Waals surface area contributed by atoms with Gasteiger partial charge in [0.25, 0.3) is 0 Å². The van der Waals surface area contributed by atoms with Crippen molar-refractivity contribution in [3.8, 4) is 0 Å². The van der Waals surface area contributed by atoms with Gasteiger partial charge in [-0.1, -0.05) is 13.8 Å². The minimum atomic E-state index is 0.728. The molecule has 1 aliphatic heterocycles. The maximum absolute atomic E-state index is 4.59. The molecule has 2 aliphatic rings. The SMILES string of the molecule is CC(C)C1CCN(c2cnc(CNC3CC3)cn2)CC1. The van der Waals surface area contributed by atoms with E-state index in [1.807, 2.05) is 12.4 Å². The van der Waals surface area contributed by atoms with Gasteiger partial charge in [0, 0.05) is 25.7 Å². The van der Waals surface area contributed by atoms with Gasteiger partial charge in [-0.15, -0.1) is 0 Å². The van der Waals surface area contributed by atoms with Gasteiger partial charge in [-0.2, -0.15) is 0 Å². The van der Waals surface area contributed by atoms with E-state index in [2.05, 4.69) is 34.0 Å². The van der Waals surface area contributed by atoms with Crippen molar-refractivity contribution < 1.29 is 0 Å². The zero-order valence-electron chi connectivity index (χ0n) is 12.7. The number of piperidine rings is 1. The van der Waals surface area contributed by atoms with Crippen molar-refractivity contribution in [3.63, 3.8) is 0 Å². The minimum absolute atomic E-state index is 0.728. The van der Waals surface area contributed by atoms with E-state index >= 15 is 0 Å². The van der Waals surface area contributed by atoms with Gasteiger partial charge in [0.05, 0.1) is 18.1 Å². The van der Waals surface area contributed by atoms with Gasteiger partial charge in [-0.3, -0.25) is 4.98 Å². The molecular formula is C16H26N4. The number of nitrogens with one attached hydrogen (secondary N) is 1. The predicted octanol–water partition coefficient (Wildman–Crippen LogP) is 2.60. The maximum Gasteiger partial charge on any atom is 0.147 e. The van der Waals surface area contributed by atoms with Crippen LogP contribution < -0.4 is 10.2 Å². The first-order valence-electron chi connectivity index (χ1n) is 8.01. The zero-order valence-corrected chi connectivity index (χ0v) is 12.7. The van der Waals surface area contributed by atoms with E-state index in [4.69, 9.17) is 0 Å². The fourth-order valence-electron chi connectivity index (χ4n) is 2.93. The van der Waals surface area contributed by atoms with Crippen LogP contribution in [0.1, 0.15) is 45.2 Å². The van der Waals surface area contributed by atoms with Crippen LogP contribution in [0.4, 0.5) is 5.82 Å². The summed E-state index contributed by atoms with van der Waals surface area (Å²) in [6.07, 6.45) is 9.07. The van der Waals surface area contributed by atoms with E-state index in [0.29, 0.717) is 0 Å². The van der Waals surface area contributed by atoms with Crippen molar-refractivity contribution in [1.82, 2.24) is 15.3 Å². The number of anilines is 1. The zero-order chi connectivity index (χ0) is 13.9. The van der Waals surface area contributed by atoms with Crippen LogP contribution in [0.25, 0.3) is 0 Å². The van der Waals surface area contributed by atoms with Crippen molar-refractivity contribution in [1.29, 1.82) is 0 Å². The van der Waals surface area contributed by atoms with Crippen LogP contribution in [0.15, 0.2) is 12.4 Å². The third kappa shape index (κ3) is 3.48. The molecule has 1 saturated carbocycles.